The molecular weight excluding hydrogens is 254 g/mol. The first-order valence-corrected chi connectivity index (χ1v) is 8.82. The van der Waals surface area contributed by atoms with Crippen molar-refractivity contribution in [2.45, 2.75) is 44.9 Å². The van der Waals surface area contributed by atoms with Crippen LogP contribution in [0.3, 0.4) is 0 Å². The molecule has 1 aromatic carbocycles. The maximum absolute atomic E-state index is 12.3. The highest BCUT2D eigenvalue weighted by atomic mass is 32.2. The Morgan fingerprint density at radius 1 is 1.37 bits per heavy atom. The SMILES string of the molecule is CCCNC(CS(=O)Cc1ccccc1C)C1CC1. The molecule has 106 valence electrons. The van der Waals surface area contributed by atoms with Crippen LogP contribution in [0.2, 0.25) is 0 Å². The Morgan fingerprint density at radius 2 is 2.11 bits per heavy atom. The molecule has 2 unspecified atom stereocenters. The summed E-state index contributed by atoms with van der Waals surface area (Å²) >= 11 is 0. The van der Waals surface area contributed by atoms with Gasteiger partial charge in [-0.15, -0.1) is 0 Å². The number of benzene rings is 1. The van der Waals surface area contributed by atoms with Gasteiger partial charge in [0.1, 0.15) is 0 Å². The van der Waals surface area contributed by atoms with Gasteiger partial charge in [0, 0.05) is 28.3 Å². The van der Waals surface area contributed by atoms with Gasteiger partial charge in [0.15, 0.2) is 0 Å². The molecule has 2 atom stereocenters. The molecule has 0 heterocycles. The Bertz CT molecular complexity index is 429. The highest BCUT2D eigenvalue weighted by Crippen LogP contribution is 2.33. The van der Waals surface area contributed by atoms with Crippen LogP contribution in [-0.4, -0.2) is 22.5 Å². The summed E-state index contributed by atoms with van der Waals surface area (Å²) in [5.41, 5.74) is 2.48. The van der Waals surface area contributed by atoms with E-state index in [1.807, 2.05) is 12.1 Å². The lowest BCUT2D eigenvalue weighted by Gasteiger charge is -2.17. The molecular formula is C16H25NOS. The zero-order chi connectivity index (χ0) is 13.7. The van der Waals surface area contributed by atoms with E-state index in [0.29, 0.717) is 11.8 Å². The van der Waals surface area contributed by atoms with Gasteiger partial charge in [-0.05, 0) is 49.8 Å². The molecule has 0 amide bonds. The van der Waals surface area contributed by atoms with Crippen molar-refractivity contribution in [1.29, 1.82) is 0 Å². The van der Waals surface area contributed by atoms with E-state index in [2.05, 4.69) is 31.3 Å². The molecule has 0 bridgehead atoms. The van der Waals surface area contributed by atoms with E-state index in [0.717, 1.165) is 24.6 Å². The first-order valence-electron chi connectivity index (χ1n) is 7.33. The Labute approximate surface area is 119 Å². The van der Waals surface area contributed by atoms with E-state index in [1.54, 1.807) is 0 Å². The number of hydrogen-bond donors (Lipinski definition) is 1. The summed E-state index contributed by atoms with van der Waals surface area (Å²) < 4.78 is 12.3. The van der Waals surface area contributed by atoms with Crippen LogP contribution in [0, 0.1) is 12.8 Å². The molecule has 0 saturated heterocycles. The molecule has 1 aromatic rings. The topological polar surface area (TPSA) is 29.1 Å². The van der Waals surface area contributed by atoms with Gasteiger partial charge in [0.25, 0.3) is 0 Å². The summed E-state index contributed by atoms with van der Waals surface area (Å²) in [5, 5.41) is 3.57. The van der Waals surface area contributed by atoms with Crippen LogP contribution in [0.4, 0.5) is 0 Å². The van der Waals surface area contributed by atoms with Gasteiger partial charge in [-0.3, -0.25) is 4.21 Å². The molecule has 19 heavy (non-hydrogen) atoms. The first-order chi connectivity index (χ1) is 9.20. The largest absolute Gasteiger partial charge is 0.313 e. The van der Waals surface area contributed by atoms with Crippen LogP contribution < -0.4 is 5.32 Å². The Kier molecular flexibility index (Phi) is 5.59. The summed E-state index contributed by atoms with van der Waals surface area (Å²) in [6, 6.07) is 8.73. The van der Waals surface area contributed by atoms with E-state index in [-0.39, 0.29) is 0 Å². The third kappa shape index (κ3) is 4.73. The third-order valence-corrected chi connectivity index (χ3v) is 5.15. The molecule has 1 aliphatic rings. The highest BCUT2D eigenvalue weighted by molar-refractivity contribution is 7.84. The molecule has 1 N–H and O–H groups in total. The van der Waals surface area contributed by atoms with Crippen LogP contribution in [0.5, 0.6) is 0 Å². The molecule has 2 nitrogen and oxygen atoms in total. The minimum atomic E-state index is -0.758. The van der Waals surface area contributed by atoms with Crippen molar-refractivity contribution in [2.75, 3.05) is 12.3 Å². The van der Waals surface area contributed by atoms with E-state index < -0.39 is 10.8 Å². The highest BCUT2D eigenvalue weighted by Gasteiger charge is 2.31. The summed E-state index contributed by atoms with van der Waals surface area (Å²) in [5.74, 6) is 2.27. The van der Waals surface area contributed by atoms with Gasteiger partial charge in [-0.25, -0.2) is 0 Å². The molecule has 1 aliphatic carbocycles. The minimum absolute atomic E-state index is 0.463. The number of hydrogen-bond acceptors (Lipinski definition) is 2. The van der Waals surface area contributed by atoms with E-state index in [4.69, 9.17) is 0 Å². The monoisotopic (exact) mass is 279 g/mol. The number of nitrogens with one attached hydrogen (secondary N) is 1. The van der Waals surface area contributed by atoms with Crippen molar-refractivity contribution in [1.82, 2.24) is 5.32 Å². The first kappa shape index (κ1) is 14.7. The van der Waals surface area contributed by atoms with Gasteiger partial charge in [-0.2, -0.15) is 0 Å². The number of rotatable bonds is 8. The second kappa shape index (κ2) is 7.20. The molecule has 1 saturated carbocycles. The lowest BCUT2D eigenvalue weighted by molar-refractivity contribution is 0.498. The predicted octanol–water partition coefficient (Wildman–Crippen LogP) is 3.02. The maximum Gasteiger partial charge on any atom is 0.0488 e. The number of aryl methyl sites for hydroxylation is 1. The Balaban J connectivity index is 1.87. The van der Waals surface area contributed by atoms with Crippen molar-refractivity contribution in [3.05, 3.63) is 35.4 Å². The summed E-state index contributed by atoms with van der Waals surface area (Å²) in [6.07, 6.45) is 3.76. The van der Waals surface area contributed by atoms with Gasteiger partial charge in [-0.1, -0.05) is 31.2 Å². The van der Waals surface area contributed by atoms with Crippen LogP contribution >= 0.6 is 0 Å². The van der Waals surface area contributed by atoms with E-state index >= 15 is 0 Å². The second-order valence-corrected chi connectivity index (χ2v) is 7.08. The maximum atomic E-state index is 12.3. The van der Waals surface area contributed by atoms with Crippen LogP contribution in [0.15, 0.2) is 24.3 Å². The fraction of sp³-hybridized carbons (Fsp3) is 0.625. The summed E-state index contributed by atoms with van der Waals surface area (Å²) in [7, 11) is -0.758. The van der Waals surface area contributed by atoms with E-state index in [1.165, 1.54) is 24.0 Å². The molecule has 3 heteroatoms. The predicted molar refractivity (Wildman–Crippen MR) is 82.7 cm³/mol. The zero-order valence-electron chi connectivity index (χ0n) is 12.0. The van der Waals surface area contributed by atoms with Crippen molar-refractivity contribution in [3.8, 4) is 0 Å². The molecule has 1 fully saturated rings. The van der Waals surface area contributed by atoms with Crippen molar-refractivity contribution < 1.29 is 4.21 Å². The molecule has 0 aromatic heterocycles. The Morgan fingerprint density at radius 3 is 2.74 bits per heavy atom. The zero-order valence-corrected chi connectivity index (χ0v) is 12.8. The van der Waals surface area contributed by atoms with Gasteiger partial charge >= 0.3 is 0 Å². The van der Waals surface area contributed by atoms with Crippen molar-refractivity contribution in [3.63, 3.8) is 0 Å². The van der Waals surface area contributed by atoms with Gasteiger partial charge in [0.2, 0.25) is 0 Å². The normalized spacial score (nSPS) is 18.2. The third-order valence-electron chi connectivity index (χ3n) is 3.79. The lowest BCUT2D eigenvalue weighted by Crippen LogP contribution is -2.36. The standard InChI is InChI=1S/C16H25NOS/c1-3-10-17-16(14-8-9-14)12-19(18)11-15-7-5-4-6-13(15)2/h4-7,14,16-17H,3,8-12H2,1-2H3. The molecule has 0 spiro atoms. The fourth-order valence-electron chi connectivity index (χ4n) is 2.39. The van der Waals surface area contributed by atoms with Crippen molar-refractivity contribution in [2.24, 2.45) is 5.92 Å². The van der Waals surface area contributed by atoms with Crippen LogP contribution in [0.1, 0.15) is 37.3 Å². The summed E-state index contributed by atoms with van der Waals surface area (Å²) in [6.45, 7) is 5.32. The smallest absolute Gasteiger partial charge is 0.0488 e. The Hall–Kier alpha value is -0.670. The van der Waals surface area contributed by atoms with Crippen LogP contribution in [-0.2, 0) is 16.6 Å². The lowest BCUT2D eigenvalue weighted by atomic mass is 10.1. The average molecular weight is 279 g/mol. The molecule has 0 radical (unpaired) electrons. The fourth-order valence-corrected chi connectivity index (χ4v) is 3.97. The van der Waals surface area contributed by atoms with E-state index in [9.17, 15) is 4.21 Å². The van der Waals surface area contributed by atoms with Crippen LogP contribution in [0.25, 0.3) is 0 Å². The quantitative estimate of drug-likeness (QED) is 0.792. The summed E-state index contributed by atoms with van der Waals surface area (Å²) in [4.78, 5) is 0. The van der Waals surface area contributed by atoms with Gasteiger partial charge in [0.05, 0.1) is 0 Å². The molecule has 0 aliphatic heterocycles. The van der Waals surface area contributed by atoms with Gasteiger partial charge < -0.3 is 5.32 Å². The average Bonchev–Trinajstić information content (AvgIpc) is 3.21. The van der Waals surface area contributed by atoms with Crippen molar-refractivity contribution >= 4 is 10.8 Å². The second-order valence-electron chi connectivity index (χ2n) is 5.58. The minimum Gasteiger partial charge on any atom is -0.313 e. The molecule has 2 rings (SSSR count).